The number of hydrogen-bond acceptors (Lipinski definition) is 7. The highest BCUT2D eigenvalue weighted by molar-refractivity contribution is 5.43. The molecule has 1 fully saturated rings. The minimum absolute atomic E-state index is 0.101. The first-order valence-electron chi connectivity index (χ1n) is 5.97. The number of ether oxygens (including phenoxy) is 1. The van der Waals surface area contributed by atoms with Gasteiger partial charge in [-0.25, -0.2) is 0 Å². The Morgan fingerprint density at radius 2 is 1.90 bits per heavy atom. The number of alkyl halides is 3. The fourth-order valence-corrected chi connectivity index (χ4v) is 1.78. The van der Waals surface area contributed by atoms with E-state index < -0.39 is 12.7 Å². The summed E-state index contributed by atoms with van der Waals surface area (Å²) in [7, 11) is 1.26. The summed E-state index contributed by atoms with van der Waals surface area (Å²) in [6.45, 7) is 0.995. The summed E-state index contributed by atoms with van der Waals surface area (Å²) in [4.78, 5) is 14.4. The fraction of sp³-hybridized carbons (Fsp3) is 0.700. The van der Waals surface area contributed by atoms with Gasteiger partial charge in [0.25, 0.3) is 0 Å². The Morgan fingerprint density at radius 3 is 2.50 bits per heavy atom. The Labute approximate surface area is 113 Å². The van der Waals surface area contributed by atoms with Gasteiger partial charge in [-0.2, -0.15) is 28.1 Å². The van der Waals surface area contributed by atoms with E-state index in [0.717, 1.165) is 4.90 Å². The minimum Gasteiger partial charge on any atom is -0.378 e. The van der Waals surface area contributed by atoms with Crippen molar-refractivity contribution in [2.24, 2.45) is 0 Å². The third-order valence-corrected chi connectivity index (χ3v) is 2.68. The molecule has 0 saturated carbocycles. The van der Waals surface area contributed by atoms with Gasteiger partial charge in [-0.3, -0.25) is 0 Å². The normalized spacial score (nSPS) is 16.3. The zero-order valence-electron chi connectivity index (χ0n) is 10.9. The highest BCUT2D eigenvalue weighted by atomic mass is 19.4. The second-order valence-electron chi connectivity index (χ2n) is 4.36. The summed E-state index contributed by atoms with van der Waals surface area (Å²) < 4.78 is 42.3. The van der Waals surface area contributed by atoms with Crippen molar-refractivity contribution in [3.63, 3.8) is 0 Å². The minimum atomic E-state index is -4.34. The van der Waals surface area contributed by atoms with Crippen LogP contribution in [0.5, 0.6) is 0 Å². The van der Waals surface area contributed by atoms with Crippen LogP contribution in [0.3, 0.4) is 0 Å². The summed E-state index contributed by atoms with van der Waals surface area (Å²) in [5.74, 6) is 0.0617. The zero-order chi connectivity index (χ0) is 14.8. The summed E-state index contributed by atoms with van der Waals surface area (Å²) in [5, 5.41) is 0. The number of aromatic nitrogens is 3. The number of rotatable bonds is 3. The first kappa shape index (κ1) is 14.6. The second kappa shape index (κ2) is 5.65. The van der Waals surface area contributed by atoms with Crippen LogP contribution in [0.15, 0.2) is 0 Å². The van der Waals surface area contributed by atoms with E-state index in [1.165, 1.54) is 7.05 Å². The number of nitrogen functional groups attached to an aromatic ring is 1. The molecule has 1 aliphatic rings. The van der Waals surface area contributed by atoms with Gasteiger partial charge >= 0.3 is 6.18 Å². The highest BCUT2D eigenvalue weighted by Gasteiger charge is 2.30. The molecule has 1 saturated heterocycles. The standard InChI is InChI=1S/C10H15F3N6O/c1-18(6-10(11,12)13)8-15-7(14)16-9(17-8)19-2-4-20-5-3-19/h2-6H2,1H3,(H2,14,15,16,17). The lowest BCUT2D eigenvalue weighted by Gasteiger charge is -2.27. The molecule has 0 radical (unpaired) electrons. The monoisotopic (exact) mass is 292 g/mol. The Balaban J connectivity index is 2.19. The molecule has 0 aliphatic carbocycles. The van der Waals surface area contributed by atoms with Crippen molar-refractivity contribution in [1.82, 2.24) is 15.0 Å². The van der Waals surface area contributed by atoms with E-state index in [-0.39, 0.29) is 17.8 Å². The summed E-state index contributed by atoms with van der Waals surface area (Å²) >= 11 is 0. The van der Waals surface area contributed by atoms with Crippen molar-refractivity contribution in [2.75, 3.05) is 55.4 Å². The van der Waals surface area contributed by atoms with Gasteiger partial charge in [0.1, 0.15) is 6.54 Å². The molecule has 0 amide bonds. The molecule has 112 valence electrons. The first-order valence-corrected chi connectivity index (χ1v) is 5.97. The van der Waals surface area contributed by atoms with Crippen LogP contribution in [0.25, 0.3) is 0 Å². The van der Waals surface area contributed by atoms with Crippen LogP contribution < -0.4 is 15.5 Å². The van der Waals surface area contributed by atoms with Crippen molar-refractivity contribution in [3.05, 3.63) is 0 Å². The Morgan fingerprint density at radius 1 is 1.25 bits per heavy atom. The Bertz CT molecular complexity index is 463. The predicted molar refractivity (Wildman–Crippen MR) is 66.6 cm³/mol. The molecule has 2 heterocycles. The maximum atomic E-state index is 12.4. The van der Waals surface area contributed by atoms with E-state index in [2.05, 4.69) is 15.0 Å². The SMILES string of the molecule is CN(CC(F)(F)F)c1nc(N)nc(N2CCOCC2)n1. The average Bonchev–Trinajstić information content (AvgIpc) is 2.37. The molecule has 0 unspecified atom stereocenters. The Hall–Kier alpha value is -1.84. The molecule has 0 bridgehead atoms. The summed E-state index contributed by atoms with van der Waals surface area (Å²) in [6.07, 6.45) is -4.34. The summed E-state index contributed by atoms with van der Waals surface area (Å²) in [6, 6.07) is 0. The van der Waals surface area contributed by atoms with Crippen LogP contribution in [0.4, 0.5) is 31.0 Å². The van der Waals surface area contributed by atoms with Gasteiger partial charge in [0, 0.05) is 20.1 Å². The van der Waals surface area contributed by atoms with Crippen LogP contribution in [0, 0.1) is 0 Å². The molecule has 2 rings (SSSR count). The molecular formula is C10H15F3N6O. The molecule has 20 heavy (non-hydrogen) atoms. The maximum Gasteiger partial charge on any atom is 0.406 e. The molecule has 0 aromatic carbocycles. The lowest BCUT2D eigenvalue weighted by Crippen LogP contribution is -2.38. The molecule has 1 aliphatic heterocycles. The summed E-state index contributed by atoms with van der Waals surface area (Å²) in [5.41, 5.74) is 5.54. The Kier molecular flexibility index (Phi) is 4.12. The van der Waals surface area contributed by atoms with Gasteiger partial charge < -0.3 is 20.3 Å². The van der Waals surface area contributed by atoms with Crippen LogP contribution in [0.2, 0.25) is 0 Å². The molecule has 1 aromatic heterocycles. The lowest BCUT2D eigenvalue weighted by atomic mass is 10.4. The average molecular weight is 292 g/mol. The number of nitrogens with zero attached hydrogens (tertiary/aromatic N) is 5. The van der Waals surface area contributed by atoms with E-state index in [9.17, 15) is 13.2 Å². The van der Waals surface area contributed by atoms with Crippen molar-refractivity contribution >= 4 is 17.8 Å². The number of hydrogen-bond donors (Lipinski definition) is 1. The molecule has 0 spiro atoms. The van der Waals surface area contributed by atoms with Crippen molar-refractivity contribution in [2.45, 2.75) is 6.18 Å². The smallest absolute Gasteiger partial charge is 0.378 e. The zero-order valence-corrected chi connectivity index (χ0v) is 10.9. The van der Waals surface area contributed by atoms with Gasteiger partial charge in [0.2, 0.25) is 17.8 Å². The molecule has 0 atom stereocenters. The number of anilines is 3. The first-order chi connectivity index (χ1) is 9.35. The largest absolute Gasteiger partial charge is 0.406 e. The van der Waals surface area contributed by atoms with E-state index in [1.807, 2.05) is 0 Å². The van der Waals surface area contributed by atoms with Gasteiger partial charge in [-0.05, 0) is 0 Å². The maximum absolute atomic E-state index is 12.4. The van der Waals surface area contributed by atoms with Gasteiger partial charge in [-0.15, -0.1) is 0 Å². The molecule has 7 nitrogen and oxygen atoms in total. The topological polar surface area (TPSA) is 80.4 Å². The highest BCUT2D eigenvalue weighted by Crippen LogP contribution is 2.20. The quantitative estimate of drug-likeness (QED) is 0.857. The predicted octanol–water partition coefficient (Wildman–Crippen LogP) is 0.289. The molecule has 10 heteroatoms. The number of nitrogens with two attached hydrogens (primary N) is 1. The van der Waals surface area contributed by atoms with Crippen LogP contribution in [-0.4, -0.2) is 61.0 Å². The second-order valence-corrected chi connectivity index (χ2v) is 4.36. The molecule has 1 aromatic rings. The van der Waals surface area contributed by atoms with Crippen LogP contribution in [-0.2, 0) is 4.74 Å². The van der Waals surface area contributed by atoms with Crippen molar-refractivity contribution in [3.8, 4) is 0 Å². The molecule has 2 N–H and O–H groups in total. The van der Waals surface area contributed by atoms with E-state index in [0.29, 0.717) is 26.3 Å². The lowest BCUT2D eigenvalue weighted by molar-refractivity contribution is -0.119. The van der Waals surface area contributed by atoms with E-state index >= 15 is 0 Å². The van der Waals surface area contributed by atoms with Crippen molar-refractivity contribution < 1.29 is 17.9 Å². The third kappa shape index (κ3) is 3.83. The van der Waals surface area contributed by atoms with E-state index in [1.54, 1.807) is 4.90 Å². The van der Waals surface area contributed by atoms with Crippen LogP contribution in [0.1, 0.15) is 0 Å². The van der Waals surface area contributed by atoms with Crippen molar-refractivity contribution in [1.29, 1.82) is 0 Å². The number of halogens is 3. The number of morpholine rings is 1. The van der Waals surface area contributed by atoms with Gasteiger partial charge in [0.15, 0.2) is 0 Å². The van der Waals surface area contributed by atoms with Gasteiger partial charge in [-0.1, -0.05) is 0 Å². The van der Waals surface area contributed by atoms with Gasteiger partial charge in [0.05, 0.1) is 13.2 Å². The third-order valence-electron chi connectivity index (χ3n) is 2.68. The van der Waals surface area contributed by atoms with Crippen LogP contribution >= 0.6 is 0 Å². The van der Waals surface area contributed by atoms with E-state index in [4.69, 9.17) is 10.5 Å². The fourth-order valence-electron chi connectivity index (χ4n) is 1.78. The molecular weight excluding hydrogens is 277 g/mol.